The Balaban J connectivity index is 1.61. The van der Waals surface area contributed by atoms with E-state index in [1.165, 1.54) is 18.2 Å². The van der Waals surface area contributed by atoms with E-state index in [4.69, 9.17) is 27.9 Å². The summed E-state index contributed by atoms with van der Waals surface area (Å²) in [5.41, 5.74) is 1.10. The predicted octanol–water partition coefficient (Wildman–Crippen LogP) is 2.87. The number of imide groups is 1. The average Bonchev–Trinajstić information content (AvgIpc) is 3.02. The van der Waals surface area contributed by atoms with Crippen LogP contribution in [-0.2, 0) is 19.1 Å². The maximum Gasteiger partial charge on any atom is 0.330 e. The standard InChI is InChI=1S/C17H13Cl2NO4/c18-17(19)9-12(17)10-24-16(23)7-4-11-2-1-3-13(8-11)20-14(21)5-6-15(20)22/h1-8,12H,9-10H2/b7-4+. The molecule has 0 radical (unpaired) electrons. The van der Waals surface area contributed by atoms with E-state index in [2.05, 4.69) is 0 Å². The minimum Gasteiger partial charge on any atom is -0.462 e. The van der Waals surface area contributed by atoms with E-state index in [0.717, 1.165) is 4.90 Å². The Labute approximate surface area is 148 Å². The zero-order valence-corrected chi connectivity index (χ0v) is 14.0. The molecule has 2 amide bonds. The Morgan fingerprint density at radius 2 is 1.96 bits per heavy atom. The van der Waals surface area contributed by atoms with Gasteiger partial charge in [-0.1, -0.05) is 12.1 Å². The third-order valence-corrected chi connectivity index (χ3v) is 4.66. The number of halogens is 2. The molecule has 0 aromatic heterocycles. The van der Waals surface area contributed by atoms with Crippen molar-refractivity contribution in [2.45, 2.75) is 10.8 Å². The van der Waals surface area contributed by atoms with E-state index in [1.807, 2.05) is 0 Å². The van der Waals surface area contributed by atoms with Crippen LogP contribution >= 0.6 is 23.2 Å². The van der Waals surface area contributed by atoms with E-state index in [-0.39, 0.29) is 12.5 Å². The van der Waals surface area contributed by atoms with Gasteiger partial charge in [0.25, 0.3) is 11.8 Å². The van der Waals surface area contributed by atoms with Crippen molar-refractivity contribution < 1.29 is 19.1 Å². The molecule has 0 saturated heterocycles. The quantitative estimate of drug-likeness (QED) is 0.348. The van der Waals surface area contributed by atoms with Crippen LogP contribution in [0.5, 0.6) is 0 Å². The summed E-state index contributed by atoms with van der Waals surface area (Å²) >= 11 is 11.7. The normalized spacial score (nSPS) is 21.6. The van der Waals surface area contributed by atoms with Gasteiger partial charge < -0.3 is 4.74 Å². The highest BCUT2D eigenvalue weighted by Crippen LogP contribution is 2.53. The molecule has 5 nitrogen and oxygen atoms in total. The molecular weight excluding hydrogens is 353 g/mol. The summed E-state index contributed by atoms with van der Waals surface area (Å²) < 4.78 is 4.29. The predicted molar refractivity (Wildman–Crippen MR) is 90.6 cm³/mol. The number of ether oxygens (including phenoxy) is 1. The van der Waals surface area contributed by atoms with Crippen molar-refractivity contribution in [1.82, 2.24) is 0 Å². The van der Waals surface area contributed by atoms with Crippen molar-refractivity contribution in [3.8, 4) is 0 Å². The van der Waals surface area contributed by atoms with E-state index >= 15 is 0 Å². The number of carbonyl (C=O) groups excluding carboxylic acids is 3. The SMILES string of the molecule is O=C(/C=C/c1cccc(N2C(=O)C=CC2=O)c1)OCC1CC1(Cl)Cl. The molecule has 7 heteroatoms. The van der Waals surface area contributed by atoms with Gasteiger partial charge in [0.2, 0.25) is 0 Å². The highest BCUT2D eigenvalue weighted by atomic mass is 35.5. The highest BCUT2D eigenvalue weighted by Gasteiger charge is 2.52. The number of alkyl halides is 2. The molecular formula is C17H13Cl2NO4. The first-order valence-electron chi connectivity index (χ1n) is 7.26. The van der Waals surface area contributed by atoms with Gasteiger partial charge >= 0.3 is 5.97 Å². The topological polar surface area (TPSA) is 63.7 Å². The Morgan fingerprint density at radius 1 is 1.29 bits per heavy atom. The number of benzene rings is 1. The Morgan fingerprint density at radius 3 is 2.58 bits per heavy atom. The van der Waals surface area contributed by atoms with E-state index in [9.17, 15) is 14.4 Å². The highest BCUT2D eigenvalue weighted by molar-refractivity contribution is 6.50. The van der Waals surface area contributed by atoms with Crippen LogP contribution in [0, 0.1) is 5.92 Å². The monoisotopic (exact) mass is 365 g/mol. The molecule has 3 rings (SSSR count). The smallest absolute Gasteiger partial charge is 0.330 e. The summed E-state index contributed by atoms with van der Waals surface area (Å²) in [6, 6.07) is 6.72. The minimum atomic E-state index is -0.777. The molecule has 2 aliphatic rings. The number of carbonyl (C=O) groups is 3. The van der Waals surface area contributed by atoms with Crippen LogP contribution in [0.4, 0.5) is 5.69 Å². The van der Waals surface area contributed by atoms with Gasteiger partial charge in [0, 0.05) is 24.1 Å². The molecule has 0 spiro atoms. The number of hydrogen-bond acceptors (Lipinski definition) is 4. The number of esters is 1. The molecule has 24 heavy (non-hydrogen) atoms. The van der Waals surface area contributed by atoms with Gasteiger partial charge in [-0.05, 0) is 30.2 Å². The average molecular weight is 366 g/mol. The zero-order chi connectivity index (χ0) is 17.3. The second-order valence-corrected chi connectivity index (χ2v) is 7.11. The number of rotatable bonds is 5. The van der Waals surface area contributed by atoms with Gasteiger partial charge in [-0.2, -0.15) is 0 Å². The summed E-state index contributed by atoms with van der Waals surface area (Å²) in [4.78, 5) is 36.1. The molecule has 0 bridgehead atoms. The summed E-state index contributed by atoms with van der Waals surface area (Å²) in [7, 11) is 0. The molecule has 0 N–H and O–H groups in total. The fourth-order valence-electron chi connectivity index (χ4n) is 2.27. The summed E-state index contributed by atoms with van der Waals surface area (Å²) in [5.74, 6) is -1.32. The van der Waals surface area contributed by atoms with Gasteiger partial charge in [-0.3, -0.25) is 9.59 Å². The van der Waals surface area contributed by atoms with E-state index in [1.54, 1.807) is 30.3 Å². The molecule has 1 aliphatic heterocycles. The molecule has 1 fully saturated rings. The third kappa shape index (κ3) is 3.68. The molecule has 1 unspecified atom stereocenters. The first kappa shape index (κ1) is 16.7. The van der Waals surface area contributed by atoms with Crippen LogP contribution in [0.2, 0.25) is 0 Å². The zero-order valence-electron chi connectivity index (χ0n) is 12.4. The van der Waals surface area contributed by atoms with Crippen LogP contribution in [-0.4, -0.2) is 28.7 Å². The summed E-state index contributed by atoms with van der Waals surface area (Å²) in [6.45, 7) is 0.179. The molecule has 124 valence electrons. The fourth-order valence-corrected chi connectivity index (χ4v) is 2.77. The molecule has 1 aromatic carbocycles. The molecule has 1 atom stereocenters. The lowest BCUT2D eigenvalue weighted by atomic mass is 10.1. The van der Waals surface area contributed by atoms with Crippen LogP contribution in [0.15, 0.2) is 42.5 Å². The first-order valence-corrected chi connectivity index (χ1v) is 8.01. The van der Waals surface area contributed by atoms with Crippen LogP contribution in [0.1, 0.15) is 12.0 Å². The fraction of sp³-hybridized carbons (Fsp3) is 0.235. The van der Waals surface area contributed by atoms with E-state index < -0.39 is 22.1 Å². The molecule has 1 aromatic rings. The lowest BCUT2D eigenvalue weighted by molar-refractivity contribution is -0.138. The van der Waals surface area contributed by atoms with E-state index in [0.29, 0.717) is 17.7 Å². The first-order chi connectivity index (χ1) is 11.4. The van der Waals surface area contributed by atoms with Crippen molar-refractivity contribution in [2.75, 3.05) is 11.5 Å². The molecule has 1 saturated carbocycles. The largest absolute Gasteiger partial charge is 0.462 e. The van der Waals surface area contributed by atoms with Gasteiger partial charge in [0.1, 0.15) is 4.33 Å². The second kappa shape index (κ2) is 6.42. The number of nitrogens with zero attached hydrogens (tertiary/aromatic N) is 1. The van der Waals surface area contributed by atoms with Gasteiger partial charge in [0.05, 0.1) is 12.3 Å². The van der Waals surface area contributed by atoms with Crippen molar-refractivity contribution in [3.05, 3.63) is 48.1 Å². The minimum absolute atomic E-state index is 0.0267. The number of anilines is 1. The van der Waals surface area contributed by atoms with Crippen LogP contribution in [0.25, 0.3) is 6.08 Å². The van der Waals surface area contributed by atoms with Crippen molar-refractivity contribution >= 4 is 52.7 Å². The van der Waals surface area contributed by atoms with Crippen molar-refractivity contribution in [3.63, 3.8) is 0 Å². The maximum atomic E-state index is 11.7. The van der Waals surface area contributed by atoms with Crippen LogP contribution in [0.3, 0.4) is 0 Å². The second-order valence-electron chi connectivity index (χ2n) is 5.57. The van der Waals surface area contributed by atoms with Gasteiger partial charge in [0.15, 0.2) is 0 Å². The van der Waals surface area contributed by atoms with Crippen LogP contribution < -0.4 is 4.90 Å². The number of amides is 2. The molecule has 1 heterocycles. The molecule has 1 aliphatic carbocycles. The number of hydrogen-bond donors (Lipinski definition) is 0. The van der Waals surface area contributed by atoms with Crippen molar-refractivity contribution in [2.24, 2.45) is 5.92 Å². The Kier molecular flexibility index (Phi) is 4.47. The Hall–Kier alpha value is -2.11. The van der Waals surface area contributed by atoms with Gasteiger partial charge in [-0.25, -0.2) is 9.69 Å². The summed E-state index contributed by atoms with van der Waals surface area (Å²) in [6.07, 6.45) is 5.87. The lowest BCUT2D eigenvalue weighted by Gasteiger charge is -2.14. The Bertz CT molecular complexity index is 752. The lowest BCUT2D eigenvalue weighted by Crippen LogP contribution is -2.29. The van der Waals surface area contributed by atoms with Crippen molar-refractivity contribution in [1.29, 1.82) is 0 Å². The summed E-state index contributed by atoms with van der Waals surface area (Å²) in [5, 5.41) is 0. The maximum absolute atomic E-state index is 11.7. The van der Waals surface area contributed by atoms with Gasteiger partial charge in [-0.15, -0.1) is 23.2 Å². The third-order valence-electron chi connectivity index (χ3n) is 3.73.